The first-order valence-electron chi connectivity index (χ1n) is 9.88. The molecule has 0 saturated carbocycles. The number of hydrogen-bond acceptors (Lipinski definition) is 7. The Kier molecular flexibility index (Phi) is 7.38. The zero-order chi connectivity index (χ0) is 22.4. The Morgan fingerprint density at radius 3 is 2.19 bits per heavy atom. The van der Waals surface area contributed by atoms with E-state index in [-0.39, 0.29) is 18.1 Å². The number of carboxylic acids is 1. The van der Waals surface area contributed by atoms with Gasteiger partial charge in [-0.2, -0.15) is 0 Å². The number of aliphatic carboxylic acids is 1. The van der Waals surface area contributed by atoms with Gasteiger partial charge in [-0.15, -0.1) is 0 Å². The molecule has 0 radical (unpaired) electrons. The van der Waals surface area contributed by atoms with Gasteiger partial charge in [0.1, 0.15) is 6.10 Å². The van der Waals surface area contributed by atoms with Crippen LogP contribution in [0, 0.1) is 11.3 Å². The quantitative estimate of drug-likeness (QED) is 0.396. The highest BCUT2D eigenvalue weighted by atomic mass is 16.7. The lowest BCUT2D eigenvalue weighted by atomic mass is 9.91. The maximum absolute atomic E-state index is 12.7. The second kappa shape index (κ2) is 10.2. The average Bonchev–Trinajstić information content (AvgIpc) is 2.76. The Labute approximate surface area is 180 Å². The Balaban J connectivity index is 1.87. The molecule has 31 heavy (non-hydrogen) atoms. The lowest BCUT2D eigenvalue weighted by molar-refractivity contribution is -0.264. The van der Waals surface area contributed by atoms with Crippen molar-refractivity contribution in [2.24, 2.45) is 5.92 Å². The third-order valence-electron chi connectivity index (χ3n) is 4.92. The van der Waals surface area contributed by atoms with Crippen molar-refractivity contribution in [3.05, 3.63) is 71.8 Å². The number of carbonyl (C=O) groups excluding carboxylic acids is 1. The number of benzene rings is 2. The van der Waals surface area contributed by atoms with Gasteiger partial charge >= 0.3 is 11.9 Å². The van der Waals surface area contributed by atoms with Crippen LogP contribution in [0.1, 0.15) is 29.8 Å². The van der Waals surface area contributed by atoms with Gasteiger partial charge < -0.3 is 24.1 Å². The van der Waals surface area contributed by atoms with Crippen LogP contribution in [0.5, 0.6) is 0 Å². The van der Waals surface area contributed by atoms with Crippen molar-refractivity contribution in [2.45, 2.75) is 45.1 Å². The van der Waals surface area contributed by atoms with E-state index >= 15 is 0 Å². The van der Waals surface area contributed by atoms with Crippen molar-refractivity contribution < 1.29 is 33.6 Å². The summed E-state index contributed by atoms with van der Waals surface area (Å²) in [7, 11) is 0. The Bertz CT molecular complexity index is 903. The van der Waals surface area contributed by atoms with Gasteiger partial charge in [-0.25, -0.2) is 9.59 Å². The van der Waals surface area contributed by atoms with E-state index in [1.54, 1.807) is 37.3 Å². The van der Waals surface area contributed by atoms with E-state index in [1.165, 1.54) is 6.92 Å². The van der Waals surface area contributed by atoms with Crippen LogP contribution in [0.3, 0.4) is 0 Å². The van der Waals surface area contributed by atoms with Gasteiger partial charge in [0.2, 0.25) is 6.29 Å². The van der Waals surface area contributed by atoms with Crippen LogP contribution in [0.4, 0.5) is 0 Å². The van der Waals surface area contributed by atoms with E-state index in [9.17, 15) is 14.7 Å². The number of esters is 1. The summed E-state index contributed by atoms with van der Waals surface area (Å²) in [5.41, 5.74) is 1.16. The van der Waals surface area contributed by atoms with Crippen LogP contribution in [0.15, 0.2) is 60.7 Å². The molecule has 8 nitrogen and oxygen atoms in total. The van der Waals surface area contributed by atoms with E-state index in [2.05, 4.69) is 0 Å². The lowest BCUT2D eigenvalue weighted by Crippen LogP contribution is -2.59. The molecule has 0 amide bonds. The van der Waals surface area contributed by atoms with Crippen LogP contribution >= 0.6 is 0 Å². The number of rotatable bonds is 7. The third kappa shape index (κ3) is 5.68. The van der Waals surface area contributed by atoms with Crippen molar-refractivity contribution in [1.82, 2.24) is 0 Å². The highest BCUT2D eigenvalue weighted by molar-refractivity contribution is 5.89. The predicted molar refractivity (Wildman–Crippen MR) is 111 cm³/mol. The SMILES string of the molecule is CC(=N)OC1OC(C(=O)O)C(OC(=O)c2ccccc2)C(OCc2ccccc2)C1C. The largest absolute Gasteiger partial charge is 0.479 e. The molecule has 2 aromatic carbocycles. The lowest BCUT2D eigenvalue weighted by Gasteiger charge is -2.43. The molecular weight excluding hydrogens is 402 g/mol. The fourth-order valence-corrected chi connectivity index (χ4v) is 3.39. The summed E-state index contributed by atoms with van der Waals surface area (Å²) < 4.78 is 22.6. The van der Waals surface area contributed by atoms with Gasteiger partial charge in [0.05, 0.1) is 12.2 Å². The molecule has 3 rings (SSSR count). The molecular formula is C23H25NO7. The summed E-state index contributed by atoms with van der Waals surface area (Å²) in [6.07, 6.45) is -4.61. The zero-order valence-corrected chi connectivity index (χ0v) is 17.3. The van der Waals surface area contributed by atoms with Gasteiger partial charge in [0.25, 0.3) is 0 Å². The Morgan fingerprint density at radius 1 is 1.00 bits per heavy atom. The fourth-order valence-electron chi connectivity index (χ4n) is 3.39. The first-order valence-corrected chi connectivity index (χ1v) is 9.88. The summed E-state index contributed by atoms with van der Waals surface area (Å²) >= 11 is 0. The topological polar surface area (TPSA) is 115 Å². The molecule has 8 heteroatoms. The maximum atomic E-state index is 12.7. The normalized spacial score (nSPS) is 25.4. The minimum Gasteiger partial charge on any atom is -0.479 e. The van der Waals surface area contributed by atoms with Crippen molar-refractivity contribution in [3.8, 4) is 0 Å². The first kappa shape index (κ1) is 22.5. The Hall–Kier alpha value is -3.23. The molecule has 1 fully saturated rings. The van der Waals surface area contributed by atoms with Crippen molar-refractivity contribution in [3.63, 3.8) is 0 Å². The van der Waals surface area contributed by atoms with E-state index in [4.69, 9.17) is 24.4 Å². The molecule has 2 N–H and O–H groups in total. The van der Waals surface area contributed by atoms with Gasteiger partial charge in [0.15, 0.2) is 18.1 Å². The molecule has 1 saturated heterocycles. The number of carboxylic acid groups (broad SMARTS) is 1. The summed E-state index contributed by atoms with van der Waals surface area (Å²) in [5, 5.41) is 17.3. The molecule has 1 aliphatic heterocycles. The molecule has 5 atom stereocenters. The van der Waals surface area contributed by atoms with Crippen LogP contribution in [0.2, 0.25) is 0 Å². The first-order chi connectivity index (χ1) is 14.9. The van der Waals surface area contributed by atoms with E-state index in [0.717, 1.165) is 5.56 Å². The van der Waals surface area contributed by atoms with Crippen LogP contribution in [0.25, 0.3) is 0 Å². The third-order valence-corrected chi connectivity index (χ3v) is 4.92. The van der Waals surface area contributed by atoms with E-state index in [0.29, 0.717) is 0 Å². The van der Waals surface area contributed by atoms with Gasteiger partial charge in [-0.3, -0.25) is 5.41 Å². The monoisotopic (exact) mass is 427 g/mol. The second-order valence-electron chi connectivity index (χ2n) is 7.29. The molecule has 0 spiro atoms. The average molecular weight is 427 g/mol. The predicted octanol–water partition coefficient (Wildman–Crippen LogP) is 3.26. The summed E-state index contributed by atoms with van der Waals surface area (Å²) in [6.45, 7) is 3.34. The van der Waals surface area contributed by atoms with Gasteiger partial charge in [-0.05, 0) is 17.7 Å². The molecule has 2 aromatic rings. The number of nitrogens with one attached hydrogen (secondary N) is 1. The van der Waals surface area contributed by atoms with E-state index < -0.39 is 42.5 Å². The zero-order valence-electron chi connectivity index (χ0n) is 17.3. The number of carbonyl (C=O) groups is 2. The smallest absolute Gasteiger partial charge is 0.338 e. The highest BCUT2D eigenvalue weighted by Gasteiger charge is 2.51. The maximum Gasteiger partial charge on any atom is 0.338 e. The highest BCUT2D eigenvalue weighted by Crippen LogP contribution is 2.32. The summed E-state index contributed by atoms with van der Waals surface area (Å²) in [6, 6.07) is 17.6. The minimum absolute atomic E-state index is 0.123. The van der Waals surface area contributed by atoms with Crippen LogP contribution < -0.4 is 0 Å². The van der Waals surface area contributed by atoms with Crippen molar-refractivity contribution in [1.29, 1.82) is 5.41 Å². The molecule has 164 valence electrons. The minimum atomic E-state index is -1.52. The molecule has 1 aliphatic rings. The number of hydrogen-bond donors (Lipinski definition) is 2. The molecule has 1 heterocycles. The van der Waals surface area contributed by atoms with Crippen molar-refractivity contribution in [2.75, 3.05) is 0 Å². The molecule has 5 unspecified atom stereocenters. The van der Waals surface area contributed by atoms with Crippen LogP contribution in [-0.4, -0.2) is 47.5 Å². The van der Waals surface area contributed by atoms with Crippen molar-refractivity contribution >= 4 is 17.8 Å². The standard InChI is InChI=1S/C23H25NO7/c1-14-18(28-13-16-9-5-3-6-10-16)19(30-22(27)17-11-7-4-8-12-17)20(21(25)26)31-23(14)29-15(2)24/h3-12,14,18-20,23-24H,13H2,1-2H3,(H,25,26). The van der Waals surface area contributed by atoms with Gasteiger partial charge in [-0.1, -0.05) is 55.5 Å². The second-order valence-corrected chi connectivity index (χ2v) is 7.29. The molecule has 0 bridgehead atoms. The van der Waals surface area contributed by atoms with E-state index in [1.807, 2.05) is 30.3 Å². The number of ether oxygens (including phenoxy) is 4. The summed E-state index contributed by atoms with van der Waals surface area (Å²) in [4.78, 5) is 24.6. The Morgan fingerprint density at radius 2 is 1.61 bits per heavy atom. The molecule has 0 aliphatic carbocycles. The fraction of sp³-hybridized carbons (Fsp3) is 0.348. The molecule has 0 aromatic heterocycles. The van der Waals surface area contributed by atoms with Gasteiger partial charge in [0, 0.05) is 12.8 Å². The van der Waals surface area contributed by atoms with Crippen LogP contribution in [-0.2, 0) is 30.3 Å². The summed E-state index contributed by atoms with van der Waals surface area (Å²) in [5.74, 6) is -2.64.